The van der Waals surface area contributed by atoms with Crippen molar-refractivity contribution in [2.75, 3.05) is 0 Å². The Morgan fingerprint density at radius 3 is 2.53 bits per heavy atom. The molecule has 0 unspecified atom stereocenters. The number of benzene rings is 1. The summed E-state index contributed by atoms with van der Waals surface area (Å²) in [5.41, 5.74) is 6.18. The second-order valence-electron chi connectivity index (χ2n) is 4.82. The Labute approximate surface area is 93.0 Å². The van der Waals surface area contributed by atoms with E-state index in [0.29, 0.717) is 5.92 Å². The van der Waals surface area contributed by atoms with Gasteiger partial charge in [-0.1, -0.05) is 32.1 Å². The number of aryl methyl sites for hydroxylation is 2. The van der Waals surface area contributed by atoms with E-state index in [1.165, 1.54) is 30.4 Å². The van der Waals surface area contributed by atoms with Crippen LogP contribution >= 0.6 is 0 Å². The summed E-state index contributed by atoms with van der Waals surface area (Å²) in [4.78, 5) is 0. The number of allylic oxidation sites excluding steroid dienone is 1. The zero-order valence-corrected chi connectivity index (χ0v) is 9.84. The largest absolute Gasteiger partial charge is 0.103 e. The number of hydrogen-bond acceptors (Lipinski definition) is 0. The molecule has 0 heterocycles. The van der Waals surface area contributed by atoms with E-state index >= 15 is 0 Å². The van der Waals surface area contributed by atoms with Crippen molar-refractivity contribution in [3.63, 3.8) is 0 Å². The molecule has 1 aromatic rings. The van der Waals surface area contributed by atoms with Gasteiger partial charge in [-0.05, 0) is 53.9 Å². The van der Waals surface area contributed by atoms with E-state index in [4.69, 9.17) is 0 Å². The Hall–Kier alpha value is -1.04. The van der Waals surface area contributed by atoms with E-state index in [1.54, 1.807) is 11.1 Å². The molecule has 1 aromatic carbocycles. The average Bonchev–Trinajstić information content (AvgIpc) is 2.63. The maximum absolute atomic E-state index is 3.85. The summed E-state index contributed by atoms with van der Waals surface area (Å²) >= 11 is 0. The highest BCUT2D eigenvalue weighted by atomic mass is 14.2. The minimum atomic E-state index is 0.630. The second kappa shape index (κ2) is 4.22. The predicted molar refractivity (Wildman–Crippen MR) is 66.5 cm³/mol. The Morgan fingerprint density at radius 1 is 1.27 bits per heavy atom. The molecule has 0 heteroatoms. The van der Waals surface area contributed by atoms with Crippen LogP contribution in [-0.4, -0.2) is 0 Å². The molecule has 0 aliphatic heterocycles. The first-order valence-corrected chi connectivity index (χ1v) is 5.98. The normalized spacial score (nSPS) is 14.3. The maximum Gasteiger partial charge on any atom is -0.00972 e. The molecule has 0 atom stereocenters. The summed E-state index contributed by atoms with van der Waals surface area (Å²) in [5, 5.41) is 0. The van der Waals surface area contributed by atoms with Gasteiger partial charge in [0.15, 0.2) is 0 Å². The highest BCUT2D eigenvalue weighted by Gasteiger charge is 2.15. The minimum absolute atomic E-state index is 0.630. The molecular weight excluding hydrogens is 180 g/mol. The predicted octanol–water partition coefficient (Wildman–Crippen LogP) is 4.03. The summed E-state index contributed by atoms with van der Waals surface area (Å²) < 4.78 is 0. The van der Waals surface area contributed by atoms with E-state index in [0.717, 1.165) is 6.42 Å². The van der Waals surface area contributed by atoms with Crippen molar-refractivity contribution >= 4 is 0 Å². The third kappa shape index (κ3) is 1.99. The van der Waals surface area contributed by atoms with Crippen molar-refractivity contribution < 1.29 is 0 Å². The van der Waals surface area contributed by atoms with Gasteiger partial charge < -0.3 is 0 Å². The topological polar surface area (TPSA) is 0 Å². The Morgan fingerprint density at radius 2 is 1.93 bits per heavy atom. The molecule has 1 aliphatic rings. The molecule has 0 spiro atoms. The lowest BCUT2D eigenvalue weighted by Crippen LogP contribution is -1.98. The van der Waals surface area contributed by atoms with Crippen LogP contribution in [0, 0.1) is 0 Å². The van der Waals surface area contributed by atoms with E-state index < -0.39 is 0 Å². The molecule has 15 heavy (non-hydrogen) atoms. The minimum Gasteiger partial charge on any atom is -0.103 e. The fourth-order valence-corrected chi connectivity index (χ4v) is 2.56. The maximum atomic E-state index is 3.85. The van der Waals surface area contributed by atoms with Gasteiger partial charge in [0, 0.05) is 0 Å². The van der Waals surface area contributed by atoms with Crippen LogP contribution in [0.1, 0.15) is 48.4 Å². The fourth-order valence-electron chi connectivity index (χ4n) is 2.56. The standard InChI is InChI=1S/C15H20/c1-4-6-14-9-12-7-5-8-13(12)10-15(14)11(2)3/h4,9-11H,1,5-8H2,2-3H3. The summed E-state index contributed by atoms with van der Waals surface area (Å²) in [6.07, 6.45) is 6.93. The van der Waals surface area contributed by atoms with Crippen molar-refractivity contribution in [3.05, 3.63) is 47.0 Å². The first kappa shape index (κ1) is 10.5. The van der Waals surface area contributed by atoms with Crippen molar-refractivity contribution in [3.8, 4) is 0 Å². The fraction of sp³-hybridized carbons (Fsp3) is 0.467. The van der Waals surface area contributed by atoms with Gasteiger partial charge in [-0.3, -0.25) is 0 Å². The van der Waals surface area contributed by atoms with E-state index in [-0.39, 0.29) is 0 Å². The van der Waals surface area contributed by atoms with Gasteiger partial charge in [-0.2, -0.15) is 0 Å². The molecule has 1 aliphatic carbocycles. The summed E-state index contributed by atoms with van der Waals surface area (Å²) in [6.45, 7) is 8.41. The Kier molecular flexibility index (Phi) is 2.95. The van der Waals surface area contributed by atoms with Gasteiger partial charge in [-0.15, -0.1) is 6.58 Å². The van der Waals surface area contributed by atoms with Crippen LogP contribution in [0.3, 0.4) is 0 Å². The van der Waals surface area contributed by atoms with Crippen LogP contribution in [0.25, 0.3) is 0 Å². The molecule has 0 N–H and O–H groups in total. The van der Waals surface area contributed by atoms with Crippen molar-refractivity contribution in [2.45, 2.75) is 45.4 Å². The lowest BCUT2D eigenvalue weighted by Gasteiger charge is -2.14. The van der Waals surface area contributed by atoms with Crippen LogP contribution in [0.15, 0.2) is 24.8 Å². The van der Waals surface area contributed by atoms with Crippen molar-refractivity contribution in [1.82, 2.24) is 0 Å². The molecule has 0 bridgehead atoms. The van der Waals surface area contributed by atoms with Gasteiger partial charge in [0.25, 0.3) is 0 Å². The van der Waals surface area contributed by atoms with Crippen molar-refractivity contribution in [2.24, 2.45) is 0 Å². The monoisotopic (exact) mass is 200 g/mol. The van der Waals surface area contributed by atoms with Crippen LogP contribution in [0.4, 0.5) is 0 Å². The highest BCUT2D eigenvalue weighted by molar-refractivity contribution is 5.43. The van der Waals surface area contributed by atoms with Gasteiger partial charge in [0.05, 0.1) is 0 Å². The number of hydrogen-bond donors (Lipinski definition) is 0. The molecule has 80 valence electrons. The first-order valence-electron chi connectivity index (χ1n) is 5.98. The van der Waals surface area contributed by atoms with Crippen LogP contribution in [-0.2, 0) is 19.3 Å². The van der Waals surface area contributed by atoms with Gasteiger partial charge >= 0.3 is 0 Å². The van der Waals surface area contributed by atoms with E-state index in [2.05, 4.69) is 32.6 Å². The van der Waals surface area contributed by atoms with Gasteiger partial charge in [0.1, 0.15) is 0 Å². The molecule has 2 rings (SSSR count). The summed E-state index contributed by atoms with van der Waals surface area (Å²) in [6, 6.07) is 4.85. The average molecular weight is 200 g/mol. The second-order valence-corrected chi connectivity index (χ2v) is 4.82. The number of rotatable bonds is 3. The molecular formula is C15H20. The summed E-state index contributed by atoms with van der Waals surface area (Å²) in [7, 11) is 0. The van der Waals surface area contributed by atoms with Crippen LogP contribution in [0.5, 0.6) is 0 Å². The van der Waals surface area contributed by atoms with Gasteiger partial charge in [0.2, 0.25) is 0 Å². The molecule has 0 amide bonds. The van der Waals surface area contributed by atoms with Crippen molar-refractivity contribution in [1.29, 1.82) is 0 Å². The molecule has 0 saturated heterocycles. The quantitative estimate of drug-likeness (QED) is 0.646. The third-order valence-electron chi connectivity index (χ3n) is 3.34. The number of fused-ring (bicyclic) bond motifs is 1. The molecule has 0 radical (unpaired) electrons. The summed E-state index contributed by atoms with van der Waals surface area (Å²) in [5.74, 6) is 0.630. The molecule has 0 saturated carbocycles. The highest BCUT2D eigenvalue weighted by Crippen LogP contribution is 2.29. The Balaban J connectivity index is 2.46. The van der Waals surface area contributed by atoms with Crippen LogP contribution < -0.4 is 0 Å². The third-order valence-corrected chi connectivity index (χ3v) is 3.34. The van der Waals surface area contributed by atoms with E-state index in [9.17, 15) is 0 Å². The SMILES string of the molecule is C=CCc1cc2c(cc1C(C)C)CCC2. The lowest BCUT2D eigenvalue weighted by atomic mass is 9.91. The van der Waals surface area contributed by atoms with Gasteiger partial charge in [-0.25, -0.2) is 0 Å². The first-order chi connectivity index (χ1) is 7.22. The zero-order valence-electron chi connectivity index (χ0n) is 9.84. The Bertz CT molecular complexity index is 372. The van der Waals surface area contributed by atoms with Crippen LogP contribution in [0.2, 0.25) is 0 Å². The van der Waals surface area contributed by atoms with E-state index in [1.807, 2.05) is 6.08 Å². The zero-order chi connectivity index (χ0) is 10.8. The molecule has 0 fully saturated rings. The lowest BCUT2D eigenvalue weighted by molar-refractivity contribution is 0.846. The molecule has 0 aromatic heterocycles. The molecule has 0 nitrogen and oxygen atoms in total. The smallest absolute Gasteiger partial charge is 0.00972 e.